The zero-order valence-electron chi connectivity index (χ0n) is 9.71. The Morgan fingerprint density at radius 1 is 1.06 bits per heavy atom. The lowest BCUT2D eigenvalue weighted by Crippen LogP contribution is -2.16. The summed E-state index contributed by atoms with van der Waals surface area (Å²) in [6, 6.07) is 0. The largest absolute Gasteiger partial charge is 0.330 e. The van der Waals surface area contributed by atoms with E-state index in [1.54, 1.807) is 0 Å². The van der Waals surface area contributed by atoms with E-state index in [9.17, 15) is 0 Å². The first-order valence-corrected chi connectivity index (χ1v) is 6.99. The highest BCUT2D eigenvalue weighted by atomic mass is 35.5. The molecule has 0 radical (unpaired) electrons. The molecule has 0 aromatic carbocycles. The molecule has 16 heavy (non-hydrogen) atoms. The standard InChI is InChI=1S/C13H19ClN2/c14-12-11-8-4-5-9-16(11)13(15-12)10-6-2-1-3-7-10/h10H,1-9H2. The van der Waals surface area contributed by atoms with Crippen LogP contribution in [-0.4, -0.2) is 9.55 Å². The summed E-state index contributed by atoms with van der Waals surface area (Å²) in [5.74, 6) is 1.97. The number of fused-ring (bicyclic) bond motifs is 1. The van der Waals surface area contributed by atoms with Crippen LogP contribution in [0.5, 0.6) is 0 Å². The van der Waals surface area contributed by atoms with Crippen LogP contribution in [0.1, 0.15) is 62.4 Å². The Morgan fingerprint density at radius 3 is 2.69 bits per heavy atom. The third-order valence-corrected chi connectivity index (χ3v) is 4.37. The van der Waals surface area contributed by atoms with E-state index in [0.29, 0.717) is 5.92 Å². The maximum absolute atomic E-state index is 6.25. The molecule has 0 unspecified atom stereocenters. The average Bonchev–Trinajstić information content (AvgIpc) is 2.69. The summed E-state index contributed by atoms with van der Waals surface area (Å²) in [5, 5.41) is 0.778. The molecule has 2 nitrogen and oxygen atoms in total. The zero-order valence-corrected chi connectivity index (χ0v) is 10.5. The zero-order chi connectivity index (χ0) is 11.0. The van der Waals surface area contributed by atoms with Gasteiger partial charge in [0.15, 0.2) is 5.15 Å². The van der Waals surface area contributed by atoms with Crippen LogP contribution < -0.4 is 0 Å². The minimum absolute atomic E-state index is 0.679. The van der Waals surface area contributed by atoms with Crippen molar-refractivity contribution >= 4 is 11.6 Å². The van der Waals surface area contributed by atoms with Gasteiger partial charge in [-0.25, -0.2) is 4.98 Å². The number of aromatic nitrogens is 2. The fourth-order valence-electron chi connectivity index (χ4n) is 3.20. The lowest BCUT2D eigenvalue weighted by Gasteiger charge is -2.24. The van der Waals surface area contributed by atoms with Gasteiger partial charge in [-0.3, -0.25) is 0 Å². The summed E-state index contributed by atoms with van der Waals surface area (Å²) in [5.41, 5.74) is 1.30. The van der Waals surface area contributed by atoms with Gasteiger partial charge in [-0.15, -0.1) is 0 Å². The molecule has 2 heterocycles. The quantitative estimate of drug-likeness (QED) is 0.725. The van der Waals surface area contributed by atoms with Crippen molar-refractivity contribution in [2.75, 3.05) is 0 Å². The highest BCUT2D eigenvalue weighted by Gasteiger charge is 2.25. The van der Waals surface area contributed by atoms with Gasteiger partial charge in [0.25, 0.3) is 0 Å². The average molecular weight is 239 g/mol. The Bertz CT molecular complexity index is 378. The molecule has 3 heteroatoms. The molecule has 0 N–H and O–H groups in total. The van der Waals surface area contributed by atoms with Crippen LogP contribution in [0.15, 0.2) is 0 Å². The monoisotopic (exact) mass is 238 g/mol. The molecule has 1 aromatic rings. The van der Waals surface area contributed by atoms with Crippen LogP contribution in [0.2, 0.25) is 5.15 Å². The van der Waals surface area contributed by atoms with Crippen LogP contribution >= 0.6 is 11.6 Å². The molecule has 88 valence electrons. The normalized spacial score (nSPS) is 22.1. The molecular weight excluding hydrogens is 220 g/mol. The molecule has 0 amide bonds. The molecule has 1 aliphatic carbocycles. The van der Waals surface area contributed by atoms with Crippen LogP contribution in [0.3, 0.4) is 0 Å². The fraction of sp³-hybridized carbons (Fsp3) is 0.769. The van der Waals surface area contributed by atoms with Crippen LogP contribution in [0, 0.1) is 0 Å². The molecule has 1 saturated carbocycles. The van der Waals surface area contributed by atoms with Crippen molar-refractivity contribution in [3.05, 3.63) is 16.7 Å². The Hall–Kier alpha value is -0.500. The summed E-state index contributed by atoms with van der Waals surface area (Å²) in [7, 11) is 0. The highest BCUT2D eigenvalue weighted by Crippen LogP contribution is 2.35. The molecule has 1 aromatic heterocycles. The predicted molar refractivity (Wildman–Crippen MR) is 66.0 cm³/mol. The van der Waals surface area contributed by atoms with Gasteiger partial charge in [0.2, 0.25) is 0 Å². The number of imidazole rings is 1. The van der Waals surface area contributed by atoms with Gasteiger partial charge in [0.05, 0.1) is 5.69 Å². The van der Waals surface area contributed by atoms with E-state index in [1.165, 1.54) is 56.5 Å². The first-order chi connectivity index (χ1) is 7.86. The number of nitrogens with zero attached hydrogens (tertiary/aromatic N) is 2. The molecule has 1 fully saturated rings. The van der Waals surface area contributed by atoms with Crippen LogP contribution in [0.25, 0.3) is 0 Å². The van der Waals surface area contributed by atoms with E-state index in [4.69, 9.17) is 11.6 Å². The molecule has 1 aliphatic heterocycles. The molecular formula is C13H19ClN2. The predicted octanol–water partition coefficient (Wildman–Crippen LogP) is 3.92. The Kier molecular flexibility index (Phi) is 2.93. The summed E-state index contributed by atoms with van der Waals surface area (Å²) in [4.78, 5) is 4.64. The van der Waals surface area contributed by atoms with E-state index in [1.807, 2.05) is 0 Å². The molecule has 0 saturated heterocycles. The van der Waals surface area contributed by atoms with Crippen molar-refractivity contribution in [3.8, 4) is 0 Å². The summed E-state index contributed by atoms with van der Waals surface area (Å²) in [6.45, 7) is 1.14. The van der Waals surface area contributed by atoms with E-state index >= 15 is 0 Å². The van der Waals surface area contributed by atoms with Gasteiger partial charge in [-0.1, -0.05) is 30.9 Å². The van der Waals surface area contributed by atoms with Crippen molar-refractivity contribution in [3.63, 3.8) is 0 Å². The minimum atomic E-state index is 0.679. The summed E-state index contributed by atoms with van der Waals surface area (Å²) < 4.78 is 2.42. The van der Waals surface area contributed by atoms with Crippen molar-refractivity contribution in [1.29, 1.82) is 0 Å². The highest BCUT2D eigenvalue weighted by molar-refractivity contribution is 6.30. The van der Waals surface area contributed by atoms with Crippen LogP contribution in [0.4, 0.5) is 0 Å². The fourth-order valence-corrected chi connectivity index (χ4v) is 3.48. The van der Waals surface area contributed by atoms with Gasteiger partial charge in [0.1, 0.15) is 5.82 Å². The molecule has 0 spiro atoms. The third-order valence-electron chi connectivity index (χ3n) is 4.07. The van der Waals surface area contributed by atoms with Crippen molar-refractivity contribution < 1.29 is 0 Å². The van der Waals surface area contributed by atoms with Gasteiger partial charge in [-0.2, -0.15) is 0 Å². The van der Waals surface area contributed by atoms with E-state index in [0.717, 1.165) is 18.1 Å². The van der Waals surface area contributed by atoms with E-state index < -0.39 is 0 Å². The molecule has 0 atom stereocenters. The van der Waals surface area contributed by atoms with E-state index in [-0.39, 0.29) is 0 Å². The lowest BCUT2D eigenvalue weighted by molar-refractivity contribution is 0.403. The van der Waals surface area contributed by atoms with Crippen molar-refractivity contribution in [1.82, 2.24) is 9.55 Å². The number of halogens is 1. The Labute approximate surface area is 102 Å². The van der Waals surface area contributed by atoms with E-state index in [2.05, 4.69) is 9.55 Å². The maximum atomic E-state index is 6.25. The van der Waals surface area contributed by atoms with Gasteiger partial charge >= 0.3 is 0 Å². The SMILES string of the molecule is Clc1nc(C2CCCCC2)n2c1CCCC2. The number of hydrogen-bond acceptors (Lipinski definition) is 1. The first kappa shape index (κ1) is 10.6. The lowest BCUT2D eigenvalue weighted by atomic mass is 9.88. The smallest absolute Gasteiger partial charge is 0.150 e. The maximum Gasteiger partial charge on any atom is 0.150 e. The van der Waals surface area contributed by atoms with Gasteiger partial charge in [-0.05, 0) is 32.1 Å². The Morgan fingerprint density at radius 2 is 1.88 bits per heavy atom. The van der Waals surface area contributed by atoms with Crippen molar-refractivity contribution in [2.45, 2.75) is 63.8 Å². The van der Waals surface area contributed by atoms with Gasteiger partial charge < -0.3 is 4.57 Å². The summed E-state index contributed by atoms with van der Waals surface area (Å²) in [6.07, 6.45) is 10.4. The molecule has 0 bridgehead atoms. The second-order valence-electron chi connectivity index (χ2n) is 5.15. The molecule has 2 aliphatic rings. The Balaban J connectivity index is 1.93. The minimum Gasteiger partial charge on any atom is -0.330 e. The second-order valence-corrected chi connectivity index (χ2v) is 5.51. The van der Waals surface area contributed by atoms with Crippen molar-refractivity contribution in [2.24, 2.45) is 0 Å². The third kappa shape index (κ3) is 1.77. The topological polar surface area (TPSA) is 17.8 Å². The second kappa shape index (κ2) is 4.40. The van der Waals surface area contributed by atoms with Crippen LogP contribution in [-0.2, 0) is 13.0 Å². The first-order valence-electron chi connectivity index (χ1n) is 6.61. The number of rotatable bonds is 1. The van der Waals surface area contributed by atoms with Gasteiger partial charge in [0, 0.05) is 12.5 Å². The number of hydrogen-bond donors (Lipinski definition) is 0. The molecule has 3 rings (SSSR count). The summed E-state index contributed by atoms with van der Waals surface area (Å²) >= 11 is 6.25.